The molecule has 3 rings (SSSR count). The molecular weight excluding hydrogens is 407 g/mol. The highest BCUT2D eigenvalue weighted by Crippen LogP contribution is 2.28. The van der Waals surface area contributed by atoms with Crippen LogP contribution in [-0.4, -0.2) is 35.6 Å². The number of ether oxygens (including phenoxy) is 2. The summed E-state index contributed by atoms with van der Waals surface area (Å²) in [6.45, 7) is 1.29. The van der Waals surface area contributed by atoms with Crippen LogP contribution in [-0.2, 0) is 11.3 Å². The van der Waals surface area contributed by atoms with Crippen LogP contribution in [0.4, 0.5) is 0 Å². The van der Waals surface area contributed by atoms with Crippen molar-refractivity contribution in [3.8, 4) is 5.75 Å². The van der Waals surface area contributed by atoms with Gasteiger partial charge in [-0.1, -0.05) is 47.1 Å². The maximum Gasteiger partial charge on any atom is 0.262 e. The van der Waals surface area contributed by atoms with E-state index in [0.29, 0.717) is 57.4 Å². The van der Waals surface area contributed by atoms with Crippen LogP contribution in [0.1, 0.15) is 0 Å². The molecule has 5 nitrogen and oxygen atoms in total. The number of halogens is 2. The van der Waals surface area contributed by atoms with Crippen molar-refractivity contribution >= 4 is 45.9 Å². The van der Waals surface area contributed by atoms with Crippen molar-refractivity contribution in [2.45, 2.75) is 11.7 Å². The first-order chi connectivity index (χ1) is 13.1. The van der Waals surface area contributed by atoms with Crippen LogP contribution in [0.25, 0.3) is 10.9 Å². The molecule has 0 amide bonds. The summed E-state index contributed by atoms with van der Waals surface area (Å²) in [5, 5.41) is 2.27. The van der Waals surface area contributed by atoms with Crippen molar-refractivity contribution in [2.24, 2.45) is 0 Å². The topological polar surface area (TPSA) is 53.4 Å². The van der Waals surface area contributed by atoms with E-state index in [4.69, 9.17) is 32.7 Å². The van der Waals surface area contributed by atoms with Gasteiger partial charge in [-0.2, -0.15) is 0 Å². The molecule has 0 fully saturated rings. The summed E-state index contributed by atoms with van der Waals surface area (Å²) in [5.41, 5.74) is 0.613. The predicted octanol–water partition coefficient (Wildman–Crippen LogP) is 4.52. The SMILES string of the molecule is COCCn1c(SCCOc2ccc(Cl)cc2Cl)nc2ccccc2c1=O. The lowest BCUT2D eigenvalue weighted by molar-refractivity contribution is 0.183. The number of benzene rings is 2. The summed E-state index contributed by atoms with van der Waals surface area (Å²) in [4.78, 5) is 17.4. The second-order valence-corrected chi connectivity index (χ2v) is 7.54. The van der Waals surface area contributed by atoms with Crippen LogP contribution in [0.15, 0.2) is 52.4 Å². The van der Waals surface area contributed by atoms with E-state index in [-0.39, 0.29) is 5.56 Å². The van der Waals surface area contributed by atoms with Crippen molar-refractivity contribution in [3.05, 3.63) is 62.9 Å². The summed E-state index contributed by atoms with van der Waals surface area (Å²) in [5.74, 6) is 1.18. The molecule has 0 saturated carbocycles. The molecule has 27 heavy (non-hydrogen) atoms. The largest absolute Gasteiger partial charge is 0.491 e. The molecule has 0 aliphatic rings. The second kappa shape index (κ2) is 9.46. The highest BCUT2D eigenvalue weighted by Gasteiger charge is 2.11. The van der Waals surface area contributed by atoms with E-state index in [1.54, 1.807) is 35.9 Å². The summed E-state index contributed by atoms with van der Waals surface area (Å²) in [7, 11) is 1.61. The number of methoxy groups -OCH3 is 1. The lowest BCUT2D eigenvalue weighted by atomic mass is 10.2. The Morgan fingerprint density at radius 1 is 1.15 bits per heavy atom. The molecule has 1 heterocycles. The van der Waals surface area contributed by atoms with Gasteiger partial charge in [-0.05, 0) is 30.3 Å². The van der Waals surface area contributed by atoms with Gasteiger partial charge in [-0.3, -0.25) is 9.36 Å². The molecule has 0 radical (unpaired) electrons. The van der Waals surface area contributed by atoms with Crippen LogP contribution >= 0.6 is 35.0 Å². The number of para-hydroxylation sites is 1. The van der Waals surface area contributed by atoms with E-state index in [9.17, 15) is 4.79 Å². The number of fused-ring (bicyclic) bond motifs is 1. The second-order valence-electron chi connectivity index (χ2n) is 5.63. The summed E-state index contributed by atoms with van der Waals surface area (Å²) in [6.07, 6.45) is 0. The fourth-order valence-corrected chi connectivity index (χ4v) is 3.82. The van der Waals surface area contributed by atoms with E-state index in [0.717, 1.165) is 0 Å². The molecule has 142 valence electrons. The fourth-order valence-electron chi connectivity index (χ4n) is 2.51. The van der Waals surface area contributed by atoms with Crippen LogP contribution in [0, 0.1) is 0 Å². The van der Waals surface area contributed by atoms with Gasteiger partial charge in [0, 0.05) is 17.9 Å². The zero-order valence-corrected chi connectivity index (χ0v) is 17.0. The number of hydrogen-bond acceptors (Lipinski definition) is 5. The Balaban J connectivity index is 1.74. The number of thioether (sulfide) groups is 1. The first-order valence-corrected chi connectivity index (χ1v) is 10.0. The lowest BCUT2D eigenvalue weighted by Gasteiger charge is -2.13. The zero-order chi connectivity index (χ0) is 19.2. The van der Waals surface area contributed by atoms with Gasteiger partial charge in [0.2, 0.25) is 0 Å². The predicted molar refractivity (Wildman–Crippen MR) is 111 cm³/mol. The van der Waals surface area contributed by atoms with E-state index >= 15 is 0 Å². The maximum absolute atomic E-state index is 12.8. The average molecular weight is 425 g/mol. The maximum atomic E-state index is 12.8. The van der Waals surface area contributed by atoms with E-state index in [2.05, 4.69) is 4.98 Å². The number of nitrogens with zero attached hydrogens (tertiary/aromatic N) is 2. The molecule has 1 aromatic heterocycles. The van der Waals surface area contributed by atoms with Gasteiger partial charge < -0.3 is 9.47 Å². The number of aromatic nitrogens is 2. The van der Waals surface area contributed by atoms with Gasteiger partial charge in [0.1, 0.15) is 5.75 Å². The summed E-state index contributed by atoms with van der Waals surface area (Å²) >= 11 is 13.4. The fraction of sp³-hybridized carbons (Fsp3) is 0.263. The Morgan fingerprint density at radius 3 is 2.74 bits per heavy atom. The third-order valence-electron chi connectivity index (χ3n) is 3.81. The Hall–Kier alpha value is -1.73. The minimum atomic E-state index is -0.0678. The van der Waals surface area contributed by atoms with Gasteiger partial charge in [0.15, 0.2) is 5.16 Å². The van der Waals surface area contributed by atoms with Gasteiger partial charge in [0.05, 0.1) is 35.7 Å². The Bertz CT molecular complexity index is 994. The van der Waals surface area contributed by atoms with Crippen LogP contribution in [0.3, 0.4) is 0 Å². The van der Waals surface area contributed by atoms with Gasteiger partial charge >= 0.3 is 0 Å². The van der Waals surface area contributed by atoms with E-state index < -0.39 is 0 Å². The number of hydrogen-bond donors (Lipinski definition) is 0. The highest BCUT2D eigenvalue weighted by atomic mass is 35.5. The smallest absolute Gasteiger partial charge is 0.262 e. The van der Waals surface area contributed by atoms with Gasteiger partial charge in [0.25, 0.3) is 5.56 Å². The van der Waals surface area contributed by atoms with Crippen molar-refractivity contribution in [1.29, 1.82) is 0 Å². The summed E-state index contributed by atoms with van der Waals surface area (Å²) in [6, 6.07) is 12.4. The monoisotopic (exact) mass is 424 g/mol. The Morgan fingerprint density at radius 2 is 1.96 bits per heavy atom. The Labute approximate surface area is 171 Å². The van der Waals surface area contributed by atoms with Crippen molar-refractivity contribution < 1.29 is 9.47 Å². The third-order valence-corrected chi connectivity index (χ3v) is 5.28. The zero-order valence-electron chi connectivity index (χ0n) is 14.7. The molecule has 8 heteroatoms. The van der Waals surface area contributed by atoms with Crippen molar-refractivity contribution in [1.82, 2.24) is 9.55 Å². The highest BCUT2D eigenvalue weighted by molar-refractivity contribution is 7.99. The molecular formula is C19H18Cl2N2O3S. The van der Waals surface area contributed by atoms with Gasteiger partial charge in [-0.25, -0.2) is 4.98 Å². The minimum absolute atomic E-state index is 0.0678. The van der Waals surface area contributed by atoms with Crippen LogP contribution < -0.4 is 10.3 Å². The quantitative estimate of drug-likeness (QED) is 0.302. The molecule has 0 aliphatic heterocycles. The first-order valence-electron chi connectivity index (χ1n) is 8.29. The molecule has 0 atom stereocenters. The molecule has 2 aromatic carbocycles. The van der Waals surface area contributed by atoms with Crippen molar-refractivity contribution in [2.75, 3.05) is 26.1 Å². The molecule has 3 aromatic rings. The standard InChI is InChI=1S/C19H18Cl2N2O3S/c1-25-9-8-23-18(24)14-4-2-3-5-16(14)22-19(23)27-11-10-26-17-7-6-13(20)12-15(17)21/h2-7,12H,8-11H2,1H3. The molecule has 0 spiro atoms. The van der Waals surface area contributed by atoms with Crippen LogP contribution in [0.5, 0.6) is 5.75 Å². The first kappa shape index (κ1) is 20.0. The molecule has 0 saturated heterocycles. The van der Waals surface area contributed by atoms with E-state index in [1.165, 1.54) is 11.8 Å². The summed E-state index contributed by atoms with van der Waals surface area (Å²) < 4.78 is 12.5. The Kier molecular flexibility index (Phi) is 7.01. The molecule has 0 bridgehead atoms. The minimum Gasteiger partial charge on any atom is -0.491 e. The van der Waals surface area contributed by atoms with Gasteiger partial charge in [-0.15, -0.1) is 0 Å². The number of rotatable bonds is 8. The third kappa shape index (κ3) is 4.96. The molecule has 0 N–H and O–H groups in total. The van der Waals surface area contributed by atoms with E-state index in [1.807, 2.05) is 18.2 Å². The lowest BCUT2D eigenvalue weighted by Crippen LogP contribution is -2.25. The molecule has 0 unspecified atom stereocenters. The molecule has 0 aliphatic carbocycles. The van der Waals surface area contributed by atoms with Crippen molar-refractivity contribution in [3.63, 3.8) is 0 Å². The normalized spacial score (nSPS) is 11.1. The van der Waals surface area contributed by atoms with Crippen LogP contribution in [0.2, 0.25) is 10.0 Å². The average Bonchev–Trinajstić information content (AvgIpc) is 2.66.